The van der Waals surface area contributed by atoms with Crippen molar-refractivity contribution < 1.29 is 10.2 Å². The smallest absolute Gasteiger partial charge is 0.116 e. The first-order valence-corrected chi connectivity index (χ1v) is 7.16. The van der Waals surface area contributed by atoms with Crippen LogP contribution in [0.15, 0.2) is 72.8 Å². The molecule has 0 saturated heterocycles. The van der Waals surface area contributed by atoms with Gasteiger partial charge in [-0.25, -0.2) is 0 Å². The Morgan fingerprint density at radius 3 is 1.41 bits per heavy atom. The van der Waals surface area contributed by atoms with Crippen LogP contribution in [0, 0.1) is 0 Å². The van der Waals surface area contributed by atoms with Gasteiger partial charge >= 0.3 is 0 Å². The Hall–Kier alpha value is -3.00. The van der Waals surface area contributed by atoms with Crippen molar-refractivity contribution in [3.63, 3.8) is 0 Å². The summed E-state index contributed by atoms with van der Waals surface area (Å²) in [5, 5.41) is 23.5. The lowest BCUT2D eigenvalue weighted by Gasteiger charge is -2.11. The molecular formula is C20H14O2. The molecule has 4 rings (SSSR count). The normalized spacial score (nSPS) is 11.1. The van der Waals surface area contributed by atoms with Gasteiger partial charge in [-0.15, -0.1) is 0 Å². The first-order chi connectivity index (χ1) is 10.7. The lowest BCUT2D eigenvalue weighted by Crippen LogP contribution is -1.84. The number of rotatable bonds is 1. The van der Waals surface area contributed by atoms with Crippen LogP contribution in [0.25, 0.3) is 32.7 Å². The molecule has 0 radical (unpaired) electrons. The molecule has 0 amide bonds. The minimum atomic E-state index is 0.271. The topological polar surface area (TPSA) is 40.5 Å². The molecular weight excluding hydrogens is 272 g/mol. The second-order valence-electron chi connectivity index (χ2n) is 5.42. The van der Waals surface area contributed by atoms with Crippen LogP contribution in [0.2, 0.25) is 0 Å². The number of benzene rings is 4. The summed E-state index contributed by atoms with van der Waals surface area (Å²) in [5.41, 5.74) is 2.24. The second kappa shape index (κ2) is 4.78. The van der Waals surface area contributed by atoms with Crippen molar-refractivity contribution in [3.05, 3.63) is 72.8 Å². The molecule has 0 spiro atoms. The fourth-order valence-electron chi connectivity index (χ4n) is 3.01. The second-order valence-corrected chi connectivity index (χ2v) is 5.42. The number of fused-ring (bicyclic) bond motifs is 2. The van der Waals surface area contributed by atoms with Crippen LogP contribution in [0.4, 0.5) is 0 Å². The molecule has 0 aliphatic rings. The van der Waals surface area contributed by atoms with E-state index in [0.29, 0.717) is 0 Å². The zero-order valence-corrected chi connectivity index (χ0v) is 11.8. The molecule has 0 unspecified atom stereocenters. The molecule has 0 aliphatic heterocycles. The molecule has 2 heteroatoms. The molecule has 106 valence electrons. The molecule has 0 saturated carbocycles. The molecule has 0 heterocycles. The third-order valence-corrected chi connectivity index (χ3v) is 4.02. The summed E-state index contributed by atoms with van der Waals surface area (Å²) in [7, 11) is 0. The van der Waals surface area contributed by atoms with Gasteiger partial charge < -0.3 is 10.2 Å². The van der Waals surface area contributed by atoms with E-state index in [0.717, 1.165) is 32.7 Å². The van der Waals surface area contributed by atoms with Gasteiger partial charge in [0.2, 0.25) is 0 Å². The van der Waals surface area contributed by atoms with Gasteiger partial charge in [-0.1, -0.05) is 48.5 Å². The van der Waals surface area contributed by atoms with Crippen molar-refractivity contribution in [3.8, 4) is 22.6 Å². The van der Waals surface area contributed by atoms with Crippen LogP contribution in [0.5, 0.6) is 11.5 Å². The third-order valence-electron chi connectivity index (χ3n) is 4.02. The van der Waals surface area contributed by atoms with Crippen molar-refractivity contribution in [2.75, 3.05) is 0 Å². The van der Waals surface area contributed by atoms with Gasteiger partial charge in [-0.05, 0) is 56.9 Å². The first-order valence-electron chi connectivity index (χ1n) is 7.16. The summed E-state index contributed by atoms with van der Waals surface area (Å²) in [6.07, 6.45) is 0. The Balaban J connectivity index is 2.07. The highest BCUT2D eigenvalue weighted by Gasteiger charge is 2.08. The third kappa shape index (κ3) is 1.97. The average Bonchev–Trinajstić information content (AvgIpc) is 2.53. The molecule has 4 aromatic rings. The summed E-state index contributed by atoms with van der Waals surface area (Å²) >= 11 is 0. The zero-order chi connectivity index (χ0) is 15.1. The van der Waals surface area contributed by atoms with Gasteiger partial charge in [-0.3, -0.25) is 0 Å². The van der Waals surface area contributed by atoms with Gasteiger partial charge in [0.25, 0.3) is 0 Å². The van der Waals surface area contributed by atoms with Crippen molar-refractivity contribution in [1.29, 1.82) is 0 Å². The Labute approximate surface area is 127 Å². The monoisotopic (exact) mass is 286 g/mol. The Kier molecular flexibility index (Phi) is 2.76. The van der Waals surface area contributed by atoms with Crippen molar-refractivity contribution in [1.82, 2.24) is 0 Å². The molecule has 4 aromatic carbocycles. The van der Waals surface area contributed by atoms with Crippen molar-refractivity contribution in [2.45, 2.75) is 0 Å². The van der Waals surface area contributed by atoms with Crippen LogP contribution in [0.3, 0.4) is 0 Å². The molecule has 0 aromatic heterocycles. The summed E-state index contributed by atoms with van der Waals surface area (Å²) in [4.78, 5) is 0. The highest BCUT2D eigenvalue weighted by molar-refractivity contribution is 6.05. The SMILES string of the molecule is Oc1ccc2c(-c3cccc4cc(O)ccc34)cccc2c1. The molecule has 2 nitrogen and oxygen atoms in total. The van der Waals surface area contributed by atoms with Gasteiger partial charge in [0.05, 0.1) is 0 Å². The predicted octanol–water partition coefficient (Wildman–Crippen LogP) is 5.07. The molecule has 0 aliphatic carbocycles. The summed E-state index contributed by atoms with van der Waals surface area (Å²) < 4.78 is 0. The standard InChI is InChI=1S/C20H14O2/c21-15-7-9-17-13(11-15)3-1-5-19(17)20-6-2-4-14-12-16(22)8-10-18(14)20/h1-12,21-22H. The van der Waals surface area contributed by atoms with E-state index in [1.54, 1.807) is 24.3 Å². The zero-order valence-electron chi connectivity index (χ0n) is 11.8. The number of phenols is 2. The predicted molar refractivity (Wildman–Crippen MR) is 90.2 cm³/mol. The highest BCUT2D eigenvalue weighted by Crippen LogP contribution is 2.35. The highest BCUT2D eigenvalue weighted by atomic mass is 16.3. The Morgan fingerprint density at radius 1 is 0.500 bits per heavy atom. The van der Waals surface area contributed by atoms with Gasteiger partial charge in [-0.2, -0.15) is 0 Å². The van der Waals surface area contributed by atoms with E-state index in [1.807, 2.05) is 36.4 Å². The van der Waals surface area contributed by atoms with Crippen LogP contribution >= 0.6 is 0 Å². The molecule has 0 fully saturated rings. The van der Waals surface area contributed by atoms with E-state index in [-0.39, 0.29) is 11.5 Å². The molecule has 22 heavy (non-hydrogen) atoms. The van der Waals surface area contributed by atoms with Crippen molar-refractivity contribution >= 4 is 21.5 Å². The number of aromatic hydroxyl groups is 2. The van der Waals surface area contributed by atoms with Gasteiger partial charge in [0.1, 0.15) is 11.5 Å². The molecule has 0 atom stereocenters. The summed E-state index contributed by atoms with van der Waals surface area (Å²) in [6, 6.07) is 23.0. The van der Waals surface area contributed by atoms with Gasteiger partial charge in [0.15, 0.2) is 0 Å². The summed E-state index contributed by atoms with van der Waals surface area (Å²) in [5.74, 6) is 0.542. The minimum absolute atomic E-state index is 0.271. The van der Waals surface area contributed by atoms with Crippen LogP contribution in [0.1, 0.15) is 0 Å². The van der Waals surface area contributed by atoms with E-state index >= 15 is 0 Å². The number of phenolic OH excluding ortho intramolecular Hbond substituents is 2. The number of hydrogen-bond donors (Lipinski definition) is 2. The fraction of sp³-hybridized carbons (Fsp3) is 0. The van der Waals surface area contributed by atoms with E-state index in [9.17, 15) is 10.2 Å². The largest absolute Gasteiger partial charge is 0.508 e. The van der Waals surface area contributed by atoms with E-state index in [2.05, 4.69) is 12.1 Å². The van der Waals surface area contributed by atoms with Crippen molar-refractivity contribution in [2.24, 2.45) is 0 Å². The lowest BCUT2D eigenvalue weighted by molar-refractivity contribution is 0.475. The quantitative estimate of drug-likeness (QED) is 0.513. The maximum Gasteiger partial charge on any atom is 0.116 e. The van der Waals surface area contributed by atoms with E-state index in [4.69, 9.17) is 0 Å². The number of hydrogen-bond acceptors (Lipinski definition) is 2. The van der Waals surface area contributed by atoms with Gasteiger partial charge in [0, 0.05) is 0 Å². The fourth-order valence-corrected chi connectivity index (χ4v) is 3.01. The van der Waals surface area contributed by atoms with E-state index in [1.165, 1.54) is 0 Å². The van der Waals surface area contributed by atoms with Crippen LogP contribution in [-0.4, -0.2) is 10.2 Å². The first kappa shape index (κ1) is 12.7. The minimum Gasteiger partial charge on any atom is -0.508 e. The maximum absolute atomic E-state index is 9.67. The Bertz CT molecular complexity index is 920. The molecule has 2 N–H and O–H groups in total. The van der Waals surface area contributed by atoms with Crippen LogP contribution < -0.4 is 0 Å². The molecule has 0 bridgehead atoms. The van der Waals surface area contributed by atoms with Crippen LogP contribution in [-0.2, 0) is 0 Å². The lowest BCUT2D eigenvalue weighted by atomic mass is 9.94. The Morgan fingerprint density at radius 2 is 0.955 bits per heavy atom. The maximum atomic E-state index is 9.67. The average molecular weight is 286 g/mol. The summed E-state index contributed by atoms with van der Waals surface area (Å²) in [6.45, 7) is 0. The van der Waals surface area contributed by atoms with E-state index < -0.39 is 0 Å².